The van der Waals surface area contributed by atoms with Crippen LogP contribution in [0, 0.1) is 0 Å². The van der Waals surface area contributed by atoms with Crippen molar-refractivity contribution in [2.75, 3.05) is 18.2 Å². The number of carbonyl (C=O) groups is 1. The summed E-state index contributed by atoms with van der Waals surface area (Å²) in [4.78, 5) is 33.2. The number of nitrogens with one attached hydrogen (secondary N) is 1. The molecule has 9 nitrogen and oxygen atoms in total. The maximum absolute atomic E-state index is 12.9. The number of amides is 1. The highest BCUT2D eigenvalue weighted by molar-refractivity contribution is 6.04. The van der Waals surface area contributed by atoms with Crippen LogP contribution < -0.4 is 26.1 Å². The summed E-state index contributed by atoms with van der Waals surface area (Å²) in [5, 5.41) is 3.67. The molecular weight excluding hydrogens is 410 g/mol. The number of ether oxygens (including phenoxy) is 2. The Labute approximate surface area is 183 Å². The molecule has 0 saturated heterocycles. The Hall–Kier alpha value is -4.40. The van der Waals surface area contributed by atoms with Crippen molar-refractivity contribution in [3.63, 3.8) is 0 Å². The first-order valence-corrected chi connectivity index (χ1v) is 9.74. The van der Waals surface area contributed by atoms with Gasteiger partial charge < -0.3 is 20.5 Å². The maximum atomic E-state index is 12.9. The summed E-state index contributed by atoms with van der Waals surface area (Å²) in [6.45, 7) is 0.342. The van der Waals surface area contributed by atoms with E-state index < -0.39 is 5.91 Å². The number of carbonyl (C=O) groups excluding carboxylic acids is 1. The SMILES string of the molecule is COc1c(OCc2ccccc2)ccc2c(=O)n(C)c(NC(=O)c3cnc(N)nc3)cc12. The molecule has 9 heteroatoms. The fourth-order valence-electron chi connectivity index (χ4n) is 3.26. The number of nitrogens with zero attached hydrogens (tertiary/aromatic N) is 3. The van der Waals surface area contributed by atoms with Crippen molar-refractivity contribution in [1.82, 2.24) is 14.5 Å². The van der Waals surface area contributed by atoms with Crippen LogP contribution in [-0.2, 0) is 13.7 Å². The second kappa shape index (κ2) is 8.76. The van der Waals surface area contributed by atoms with Crippen LogP contribution in [0.3, 0.4) is 0 Å². The molecule has 0 radical (unpaired) electrons. The fourth-order valence-corrected chi connectivity index (χ4v) is 3.26. The van der Waals surface area contributed by atoms with Gasteiger partial charge in [0.15, 0.2) is 11.5 Å². The van der Waals surface area contributed by atoms with Gasteiger partial charge in [0.25, 0.3) is 11.5 Å². The van der Waals surface area contributed by atoms with Gasteiger partial charge in [0, 0.05) is 24.8 Å². The highest BCUT2D eigenvalue weighted by atomic mass is 16.5. The van der Waals surface area contributed by atoms with Gasteiger partial charge in [-0.2, -0.15) is 0 Å². The first-order valence-electron chi connectivity index (χ1n) is 9.74. The van der Waals surface area contributed by atoms with Crippen LogP contribution in [0.15, 0.2) is 65.7 Å². The van der Waals surface area contributed by atoms with Crippen LogP contribution in [0.1, 0.15) is 15.9 Å². The van der Waals surface area contributed by atoms with Gasteiger partial charge in [0.1, 0.15) is 12.4 Å². The molecular formula is C23H21N5O4. The fraction of sp³-hybridized carbons (Fsp3) is 0.130. The van der Waals surface area contributed by atoms with Crippen LogP contribution in [-0.4, -0.2) is 27.6 Å². The number of benzene rings is 2. The molecule has 1 amide bonds. The van der Waals surface area contributed by atoms with E-state index in [9.17, 15) is 9.59 Å². The Balaban J connectivity index is 1.71. The predicted octanol–water partition coefficient (Wildman–Crippen LogP) is 2.75. The lowest BCUT2D eigenvalue weighted by atomic mass is 10.1. The number of pyridine rings is 1. The number of anilines is 2. The Morgan fingerprint density at radius 3 is 2.50 bits per heavy atom. The van der Waals surface area contributed by atoms with E-state index in [1.54, 1.807) is 25.2 Å². The van der Waals surface area contributed by atoms with Gasteiger partial charge in [-0.05, 0) is 23.8 Å². The largest absolute Gasteiger partial charge is 0.492 e. The first-order chi connectivity index (χ1) is 15.5. The third-order valence-corrected chi connectivity index (χ3v) is 4.95. The third kappa shape index (κ3) is 4.08. The van der Waals surface area contributed by atoms with E-state index in [1.807, 2.05) is 30.3 Å². The van der Waals surface area contributed by atoms with E-state index >= 15 is 0 Å². The summed E-state index contributed by atoms with van der Waals surface area (Å²) < 4.78 is 12.9. The van der Waals surface area contributed by atoms with Gasteiger partial charge in [0.05, 0.1) is 18.1 Å². The zero-order chi connectivity index (χ0) is 22.7. The Morgan fingerprint density at radius 1 is 1.09 bits per heavy atom. The average Bonchev–Trinajstić information content (AvgIpc) is 2.81. The van der Waals surface area contributed by atoms with Crippen LogP contribution in [0.25, 0.3) is 10.8 Å². The van der Waals surface area contributed by atoms with Crippen LogP contribution in [0.5, 0.6) is 11.5 Å². The molecule has 0 aliphatic rings. The molecule has 2 aromatic carbocycles. The number of hydrogen-bond acceptors (Lipinski definition) is 7. The molecule has 2 heterocycles. The topological polar surface area (TPSA) is 121 Å². The molecule has 0 spiro atoms. The quantitative estimate of drug-likeness (QED) is 0.481. The number of nitrogens with two attached hydrogens (primary N) is 1. The summed E-state index contributed by atoms with van der Waals surface area (Å²) in [6.07, 6.45) is 2.62. The Morgan fingerprint density at radius 2 is 1.81 bits per heavy atom. The van der Waals surface area contributed by atoms with E-state index in [-0.39, 0.29) is 22.9 Å². The summed E-state index contributed by atoms with van der Waals surface area (Å²) >= 11 is 0. The normalized spacial score (nSPS) is 10.7. The zero-order valence-electron chi connectivity index (χ0n) is 17.5. The first kappa shape index (κ1) is 20.9. The van der Waals surface area contributed by atoms with Crippen LogP contribution in [0.2, 0.25) is 0 Å². The molecule has 2 aromatic heterocycles. The molecule has 0 unspecified atom stereocenters. The third-order valence-electron chi connectivity index (χ3n) is 4.95. The van der Waals surface area contributed by atoms with Crippen molar-refractivity contribution in [3.8, 4) is 11.5 Å². The smallest absolute Gasteiger partial charge is 0.259 e. The average molecular weight is 431 g/mol. The van der Waals surface area contributed by atoms with Gasteiger partial charge in [-0.25, -0.2) is 9.97 Å². The van der Waals surface area contributed by atoms with E-state index in [4.69, 9.17) is 15.2 Å². The molecule has 0 aliphatic carbocycles. The van der Waals surface area contributed by atoms with Gasteiger partial charge in [-0.1, -0.05) is 30.3 Å². The molecule has 32 heavy (non-hydrogen) atoms. The zero-order valence-corrected chi connectivity index (χ0v) is 17.5. The highest BCUT2D eigenvalue weighted by Crippen LogP contribution is 2.36. The predicted molar refractivity (Wildman–Crippen MR) is 121 cm³/mol. The second-order valence-corrected chi connectivity index (χ2v) is 7.01. The highest BCUT2D eigenvalue weighted by Gasteiger charge is 2.17. The van der Waals surface area contributed by atoms with Gasteiger partial charge in [-0.15, -0.1) is 0 Å². The Kier molecular flexibility index (Phi) is 5.71. The van der Waals surface area contributed by atoms with Crippen molar-refractivity contribution < 1.29 is 14.3 Å². The van der Waals surface area contributed by atoms with E-state index in [0.29, 0.717) is 28.9 Å². The van der Waals surface area contributed by atoms with Gasteiger partial charge in [-0.3, -0.25) is 14.2 Å². The van der Waals surface area contributed by atoms with E-state index in [1.165, 1.54) is 24.1 Å². The van der Waals surface area contributed by atoms with E-state index in [2.05, 4.69) is 15.3 Å². The summed E-state index contributed by atoms with van der Waals surface area (Å²) in [5.41, 5.74) is 6.38. The number of nitrogen functional groups attached to an aromatic ring is 1. The number of rotatable bonds is 6. The van der Waals surface area contributed by atoms with Gasteiger partial charge in [0.2, 0.25) is 5.95 Å². The summed E-state index contributed by atoms with van der Waals surface area (Å²) in [7, 11) is 3.08. The molecule has 0 atom stereocenters. The molecule has 0 saturated carbocycles. The maximum Gasteiger partial charge on any atom is 0.259 e. The van der Waals surface area contributed by atoms with Crippen molar-refractivity contribution in [2.24, 2.45) is 7.05 Å². The van der Waals surface area contributed by atoms with E-state index in [0.717, 1.165) is 5.56 Å². The molecule has 0 aliphatic heterocycles. The minimum atomic E-state index is -0.477. The van der Waals surface area contributed by atoms with Crippen molar-refractivity contribution in [1.29, 1.82) is 0 Å². The molecule has 4 rings (SSSR count). The van der Waals surface area contributed by atoms with Crippen molar-refractivity contribution in [3.05, 3.63) is 82.4 Å². The van der Waals surface area contributed by atoms with Crippen molar-refractivity contribution >= 4 is 28.4 Å². The summed E-state index contributed by atoms with van der Waals surface area (Å²) in [5.74, 6) is 0.758. The summed E-state index contributed by atoms with van der Waals surface area (Å²) in [6, 6.07) is 14.8. The second-order valence-electron chi connectivity index (χ2n) is 7.01. The number of methoxy groups -OCH3 is 1. The number of fused-ring (bicyclic) bond motifs is 1. The van der Waals surface area contributed by atoms with Gasteiger partial charge >= 0.3 is 0 Å². The molecule has 0 bridgehead atoms. The number of hydrogen-bond donors (Lipinski definition) is 2. The standard InChI is InChI=1S/C23H21N5O4/c1-28-19(27-21(29)15-11-25-23(24)26-12-15)10-17-16(22(28)30)8-9-18(20(17)31-2)32-13-14-6-4-3-5-7-14/h3-12H,13H2,1-2H3,(H,27,29)(H2,24,25,26). The monoisotopic (exact) mass is 431 g/mol. The lowest BCUT2D eigenvalue weighted by Crippen LogP contribution is -2.24. The number of aromatic nitrogens is 3. The lowest BCUT2D eigenvalue weighted by molar-refractivity contribution is 0.102. The molecule has 162 valence electrons. The molecule has 3 N–H and O–H groups in total. The van der Waals surface area contributed by atoms with Crippen LogP contribution in [0.4, 0.5) is 11.8 Å². The van der Waals surface area contributed by atoms with Crippen LogP contribution >= 0.6 is 0 Å². The Bertz CT molecular complexity index is 1330. The van der Waals surface area contributed by atoms with Crippen molar-refractivity contribution in [2.45, 2.75) is 6.61 Å². The minimum Gasteiger partial charge on any atom is -0.492 e. The minimum absolute atomic E-state index is 0.0624. The lowest BCUT2D eigenvalue weighted by Gasteiger charge is -2.16. The molecule has 4 aromatic rings. The molecule has 0 fully saturated rings.